The van der Waals surface area contributed by atoms with Gasteiger partial charge in [-0.25, -0.2) is 0 Å². The summed E-state index contributed by atoms with van der Waals surface area (Å²) in [7, 11) is 0. The Kier molecular flexibility index (Phi) is 3.21. The first-order valence-corrected chi connectivity index (χ1v) is 5.10. The van der Waals surface area contributed by atoms with Crippen LogP contribution >= 0.6 is 0 Å². The van der Waals surface area contributed by atoms with E-state index in [-0.39, 0.29) is 6.10 Å². The second-order valence-corrected chi connectivity index (χ2v) is 3.71. The standard InChI is InChI=1S/C9H17N3O2/c10-9(12-7-1-2-7)11-5-8-6-13-3-4-14-8/h7-8H,1-6H2,(H3,10,11,12). The van der Waals surface area contributed by atoms with Gasteiger partial charge < -0.3 is 20.5 Å². The fourth-order valence-corrected chi connectivity index (χ4v) is 1.32. The molecule has 1 heterocycles. The molecule has 1 aliphatic carbocycles. The third-order valence-electron chi connectivity index (χ3n) is 2.28. The molecule has 1 aliphatic heterocycles. The zero-order valence-corrected chi connectivity index (χ0v) is 8.24. The second-order valence-electron chi connectivity index (χ2n) is 3.71. The predicted octanol–water partition coefficient (Wildman–Crippen LogP) is -0.532. The fraction of sp³-hybridized carbons (Fsp3) is 0.889. The normalized spacial score (nSPS) is 28.9. The van der Waals surface area contributed by atoms with Crippen LogP contribution in [0, 0.1) is 0 Å². The number of guanidine groups is 1. The minimum absolute atomic E-state index is 0.0725. The van der Waals surface area contributed by atoms with Gasteiger partial charge in [0.05, 0.1) is 26.4 Å². The van der Waals surface area contributed by atoms with Gasteiger partial charge >= 0.3 is 0 Å². The number of rotatable bonds is 3. The highest BCUT2D eigenvalue weighted by Crippen LogP contribution is 2.17. The van der Waals surface area contributed by atoms with Crippen molar-refractivity contribution in [3.8, 4) is 0 Å². The molecule has 0 amide bonds. The zero-order valence-electron chi connectivity index (χ0n) is 8.24. The quantitative estimate of drug-likeness (QED) is 0.473. The lowest BCUT2D eigenvalue weighted by Crippen LogP contribution is -2.36. The molecule has 2 rings (SSSR count). The SMILES string of the molecule is NC(=NCC1COCCO1)NC1CC1. The average Bonchev–Trinajstić information content (AvgIpc) is 3.00. The van der Waals surface area contributed by atoms with Crippen molar-refractivity contribution in [3.05, 3.63) is 0 Å². The molecule has 0 aromatic heterocycles. The van der Waals surface area contributed by atoms with Crippen LogP contribution in [0.1, 0.15) is 12.8 Å². The van der Waals surface area contributed by atoms with Gasteiger partial charge in [-0.3, -0.25) is 4.99 Å². The number of hydrogen-bond donors (Lipinski definition) is 2. The molecule has 1 saturated carbocycles. The third kappa shape index (κ3) is 3.16. The highest BCUT2D eigenvalue weighted by Gasteiger charge is 2.21. The topological polar surface area (TPSA) is 68.9 Å². The predicted molar refractivity (Wildman–Crippen MR) is 53.2 cm³/mol. The second kappa shape index (κ2) is 4.61. The monoisotopic (exact) mass is 199 g/mol. The number of hydrogen-bond acceptors (Lipinski definition) is 3. The molecule has 2 aliphatic rings. The third-order valence-corrected chi connectivity index (χ3v) is 2.28. The van der Waals surface area contributed by atoms with Crippen LogP contribution in [0.15, 0.2) is 4.99 Å². The summed E-state index contributed by atoms with van der Waals surface area (Å²) in [6.07, 6.45) is 2.49. The summed E-state index contributed by atoms with van der Waals surface area (Å²) in [6.45, 7) is 2.57. The van der Waals surface area contributed by atoms with E-state index in [1.165, 1.54) is 12.8 Å². The van der Waals surface area contributed by atoms with E-state index < -0.39 is 0 Å². The minimum Gasteiger partial charge on any atom is -0.376 e. The summed E-state index contributed by atoms with van der Waals surface area (Å²) in [5.74, 6) is 0.529. The minimum atomic E-state index is 0.0725. The lowest BCUT2D eigenvalue weighted by atomic mass is 10.3. The molecule has 0 aromatic rings. The number of nitrogens with two attached hydrogens (primary N) is 1. The van der Waals surface area contributed by atoms with Crippen LogP contribution in [-0.2, 0) is 9.47 Å². The molecule has 3 N–H and O–H groups in total. The van der Waals surface area contributed by atoms with E-state index in [0.29, 0.717) is 38.4 Å². The van der Waals surface area contributed by atoms with Gasteiger partial charge in [0.1, 0.15) is 6.10 Å². The van der Waals surface area contributed by atoms with Crippen LogP contribution in [0.25, 0.3) is 0 Å². The van der Waals surface area contributed by atoms with Gasteiger partial charge in [-0.2, -0.15) is 0 Å². The average molecular weight is 199 g/mol. The molecule has 0 radical (unpaired) electrons. The van der Waals surface area contributed by atoms with E-state index in [9.17, 15) is 0 Å². The molecular formula is C9H17N3O2. The molecule has 14 heavy (non-hydrogen) atoms. The van der Waals surface area contributed by atoms with Crippen LogP contribution in [0.5, 0.6) is 0 Å². The lowest BCUT2D eigenvalue weighted by molar-refractivity contribution is -0.0832. The molecule has 0 bridgehead atoms. The lowest BCUT2D eigenvalue weighted by Gasteiger charge is -2.21. The Balaban J connectivity index is 1.67. The van der Waals surface area contributed by atoms with Crippen LogP contribution in [0.3, 0.4) is 0 Å². The Morgan fingerprint density at radius 3 is 2.93 bits per heavy atom. The van der Waals surface area contributed by atoms with Crippen molar-refractivity contribution in [1.29, 1.82) is 0 Å². The van der Waals surface area contributed by atoms with Gasteiger partial charge in [0.2, 0.25) is 0 Å². The summed E-state index contributed by atoms with van der Waals surface area (Å²) >= 11 is 0. The van der Waals surface area contributed by atoms with Crippen LogP contribution in [0.2, 0.25) is 0 Å². The summed E-state index contributed by atoms with van der Waals surface area (Å²) in [5.41, 5.74) is 5.67. The van der Waals surface area contributed by atoms with Gasteiger partial charge in [0, 0.05) is 6.04 Å². The Morgan fingerprint density at radius 1 is 1.43 bits per heavy atom. The smallest absolute Gasteiger partial charge is 0.188 e. The highest BCUT2D eigenvalue weighted by atomic mass is 16.6. The molecule has 1 saturated heterocycles. The molecule has 2 fully saturated rings. The van der Waals surface area contributed by atoms with Crippen LogP contribution in [-0.4, -0.2) is 44.5 Å². The molecule has 1 atom stereocenters. The first-order valence-electron chi connectivity index (χ1n) is 5.10. The highest BCUT2D eigenvalue weighted by molar-refractivity contribution is 5.78. The number of nitrogens with zero attached hydrogens (tertiary/aromatic N) is 1. The van der Waals surface area contributed by atoms with Gasteiger partial charge in [0.25, 0.3) is 0 Å². The van der Waals surface area contributed by atoms with Crippen molar-refractivity contribution in [2.45, 2.75) is 25.0 Å². The Hall–Kier alpha value is -0.810. The van der Waals surface area contributed by atoms with E-state index >= 15 is 0 Å². The van der Waals surface area contributed by atoms with E-state index in [0.717, 1.165) is 0 Å². The molecule has 0 aromatic carbocycles. The van der Waals surface area contributed by atoms with Crippen LogP contribution in [0.4, 0.5) is 0 Å². The zero-order chi connectivity index (χ0) is 9.80. The fourth-order valence-electron chi connectivity index (χ4n) is 1.32. The van der Waals surface area contributed by atoms with E-state index in [1.54, 1.807) is 0 Å². The maximum absolute atomic E-state index is 5.67. The van der Waals surface area contributed by atoms with Gasteiger partial charge in [-0.1, -0.05) is 0 Å². The Morgan fingerprint density at radius 2 is 2.29 bits per heavy atom. The van der Waals surface area contributed by atoms with Crippen molar-refractivity contribution >= 4 is 5.96 Å². The molecular weight excluding hydrogens is 182 g/mol. The van der Waals surface area contributed by atoms with Crippen molar-refractivity contribution in [3.63, 3.8) is 0 Å². The Labute approximate surface area is 83.7 Å². The maximum Gasteiger partial charge on any atom is 0.188 e. The Bertz CT molecular complexity index is 210. The van der Waals surface area contributed by atoms with E-state index in [1.807, 2.05) is 0 Å². The van der Waals surface area contributed by atoms with Crippen LogP contribution < -0.4 is 11.1 Å². The summed E-state index contributed by atoms with van der Waals surface area (Å²) in [4.78, 5) is 4.21. The van der Waals surface area contributed by atoms with Crippen molar-refractivity contribution in [2.24, 2.45) is 10.7 Å². The molecule has 1 unspecified atom stereocenters. The molecule has 80 valence electrons. The van der Waals surface area contributed by atoms with Crippen molar-refractivity contribution in [1.82, 2.24) is 5.32 Å². The molecule has 5 heteroatoms. The summed E-state index contributed by atoms with van der Waals surface area (Å²) in [6, 6.07) is 0.558. The van der Waals surface area contributed by atoms with Crippen molar-refractivity contribution < 1.29 is 9.47 Å². The molecule has 5 nitrogen and oxygen atoms in total. The summed E-state index contributed by atoms with van der Waals surface area (Å²) < 4.78 is 10.7. The van der Waals surface area contributed by atoms with Crippen molar-refractivity contribution in [2.75, 3.05) is 26.4 Å². The number of aliphatic imine (C=N–C) groups is 1. The molecule has 0 spiro atoms. The van der Waals surface area contributed by atoms with E-state index in [2.05, 4.69) is 10.3 Å². The van der Waals surface area contributed by atoms with Gasteiger partial charge in [-0.15, -0.1) is 0 Å². The first kappa shape index (κ1) is 9.73. The van der Waals surface area contributed by atoms with Gasteiger partial charge in [0.15, 0.2) is 5.96 Å². The largest absolute Gasteiger partial charge is 0.376 e. The first-order chi connectivity index (χ1) is 6.84. The van der Waals surface area contributed by atoms with Gasteiger partial charge in [-0.05, 0) is 12.8 Å². The number of nitrogens with one attached hydrogen (secondary N) is 1. The maximum atomic E-state index is 5.67. The summed E-state index contributed by atoms with van der Waals surface area (Å²) in [5, 5.41) is 3.12. The van der Waals surface area contributed by atoms with E-state index in [4.69, 9.17) is 15.2 Å². The number of ether oxygens (including phenoxy) is 2.